The van der Waals surface area contributed by atoms with Crippen LogP contribution >= 0.6 is 0 Å². The maximum atomic E-state index is 12.9. The molecule has 1 aliphatic carbocycles. The number of aryl methyl sites for hydroxylation is 1. The van der Waals surface area contributed by atoms with Crippen LogP contribution in [0.25, 0.3) is 6.08 Å². The zero-order valence-corrected chi connectivity index (χ0v) is 15.9. The van der Waals surface area contributed by atoms with Gasteiger partial charge in [0, 0.05) is 11.6 Å². The molecule has 144 valence electrons. The third kappa shape index (κ3) is 3.22. The molecule has 0 radical (unpaired) electrons. The van der Waals surface area contributed by atoms with E-state index in [1.54, 1.807) is 44.4 Å². The van der Waals surface area contributed by atoms with Crippen molar-refractivity contribution in [1.29, 1.82) is 0 Å². The van der Waals surface area contributed by atoms with Crippen molar-refractivity contribution in [3.63, 3.8) is 0 Å². The highest BCUT2D eigenvalue weighted by molar-refractivity contribution is 6.15. The van der Waals surface area contributed by atoms with Gasteiger partial charge in [-0.15, -0.1) is 0 Å². The summed E-state index contributed by atoms with van der Waals surface area (Å²) in [7, 11) is 3.09. The molecule has 4 rings (SSSR count). The van der Waals surface area contributed by atoms with Crippen LogP contribution in [-0.4, -0.2) is 26.0 Å². The van der Waals surface area contributed by atoms with Crippen molar-refractivity contribution >= 4 is 17.8 Å². The van der Waals surface area contributed by atoms with Crippen LogP contribution in [0, 0.1) is 12.8 Å². The molecule has 28 heavy (non-hydrogen) atoms. The fourth-order valence-corrected chi connectivity index (χ4v) is 3.22. The number of carbonyl (C=O) groups excluding carboxylic acids is 2. The Balaban J connectivity index is 1.66. The Morgan fingerprint density at radius 2 is 1.96 bits per heavy atom. The van der Waals surface area contributed by atoms with Crippen LogP contribution < -0.4 is 18.9 Å². The van der Waals surface area contributed by atoms with E-state index < -0.39 is 0 Å². The van der Waals surface area contributed by atoms with Crippen molar-refractivity contribution in [2.75, 3.05) is 14.2 Å². The zero-order valence-electron chi connectivity index (χ0n) is 15.9. The Kier molecular flexibility index (Phi) is 4.55. The zero-order chi connectivity index (χ0) is 19.8. The molecule has 0 unspecified atom stereocenters. The van der Waals surface area contributed by atoms with Crippen LogP contribution in [0.4, 0.5) is 0 Å². The minimum atomic E-state index is -0.236. The first kappa shape index (κ1) is 18.1. The molecule has 2 aromatic rings. The van der Waals surface area contributed by atoms with E-state index in [1.165, 1.54) is 7.11 Å². The minimum absolute atomic E-state index is 0.00732. The largest absolute Gasteiger partial charge is 0.493 e. The molecule has 0 aromatic heterocycles. The summed E-state index contributed by atoms with van der Waals surface area (Å²) >= 11 is 0. The molecule has 0 amide bonds. The fraction of sp³-hybridized carbons (Fsp3) is 0.273. The number of fused-ring (bicyclic) bond motifs is 1. The van der Waals surface area contributed by atoms with E-state index in [2.05, 4.69) is 0 Å². The molecular formula is C22H20O6. The van der Waals surface area contributed by atoms with Gasteiger partial charge in [0.25, 0.3) is 0 Å². The smallest absolute Gasteiger partial charge is 0.314 e. The van der Waals surface area contributed by atoms with Gasteiger partial charge in [-0.25, -0.2) is 0 Å². The predicted molar refractivity (Wildman–Crippen MR) is 102 cm³/mol. The number of para-hydroxylation sites is 1. The Hall–Kier alpha value is -3.28. The second kappa shape index (κ2) is 7.03. The highest BCUT2D eigenvalue weighted by atomic mass is 16.5. The van der Waals surface area contributed by atoms with E-state index >= 15 is 0 Å². The topological polar surface area (TPSA) is 71.1 Å². The second-order valence-corrected chi connectivity index (χ2v) is 6.83. The van der Waals surface area contributed by atoms with Crippen LogP contribution in [-0.2, 0) is 4.79 Å². The molecule has 2 aliphatic rings. The van der Waals surface area contributed by atoms with Crippen LogP contribution in [0.15, 0.2) is 36.1 Å². The average molecular weight is 380 g/mol. The Bertz CT molecular complexity index is 1000. The average Bonchev–Trinajstić information content (AvgIpc) is 3.47. The number of ether oxygens (including phenoxy) is 4. The number of carbonyl (C=O) groups is 2. The lowest BCUT2D eigenvalue weighted by molar-refractivity contribution is -0.135. The highest BCUT2D eigenvalue weighted by Crippen LogP contribution is 2.40. The number of hydrogen-bond donors (Lipinski definition) is 0. The summed E-state index contributed by atoms with van der Waals surface area (Å²) in [6, 6.07) is 8.67. The lowest BCUT2D eigenvalue weighted by Crippen LogP contribution is -2.10. The first-order chi connectivity index (χ1) is 13.5. The standard InChI is InChI=1S/C22H20O6/c1-12-9-15(27-22(24)13-7-8-13)11-17-19(12)20(23)18(28-17)10-14-5-4-6-16(25-2)21(14)26-3/h4-6,9-11,13H,7-8H2,1-3H3/b18-10-. The van der Waals surface area contributed by atoms with Gasteiger partial charge >= 0.3 is 5.97 Å². The van der Waals surface area contributed by atoms with Crippen LogP contribution in [0.3, 0.4) is 0 Å². The minimum Gasteiger partial charge on any atom is -0.493 e. The van der Waals surface area contributed by atoms with Crippen molar-refractivity contribution in [3.05, 3.63) is 52.8 Å². The first-order valence-corrected chi connectivity index (χ1v) is 9.03. The molecule has 0 saturated heterocycles. The molecule has 6 heteroatoms. The summed E-state index contributed by atoms with van der Waals surface area (Å²) in [5.74, 6) is 1.56. The van der Waals surface area contributed by atoms with E-state index in [-0.39, 0.29) is 23.4 Å². The summed E-state index contributed by atoms with van der Waals surface area (Å²) < 4.78 is 21.9. The molecule has 0 atom stereocenters. The van der Waals surface area contributed by atoms with Crippen molar-refractivity contribution < 1.29 is 28.5 Å². The van der Waals surface area contributed by atoms with Crippen molar-refractivity contribution in [1.82, 2.24) is 0 Å². The Labute approximate surface area is 162 Å². The quantitative estimate of drug-likeness (QED) is 0.444. The number of hydrogen-bond acceptors (Lipinski definition) is 6. The van der Waals surface area contributed by atoms with Crippen molar-refractivity contribution in [3.8, 4) is 23.0 Å². The maximum Gasteiger partial charge on any atom is 0.314 e. The van der Waals surface area contributed by atoms with E-state index in [0.717, 1.165) is 12.8 Å². The molecule has 1 heterocycles. The Morgan fingerprint density at radius 3 is 2.64 bits per heavy atom. The Morgan fingerprint density at radius 1 is 1.18 bits per heavy atom. The van der Waals surface area contributed by atoms with Gasteiger partial charge in [-0.3, -0.25) is 9.59 Å². The summed E-state index contributed by atoms with van der Waals surface area (Å²) in [4.78, 5) is 24.8. The molecule has 0 N–H and O–H groups in total. The molecule has 6 nitrogen and oxygen atoms in total. The number of ketones is 1. The molecule has 1 fully saturated rings. The molecule has 1 aliphatic heterocycles. The number of allylic oxidation sites excluding steroid dienone is 1. The van der Waals surface area contributed by atoms with Gasteiger partial charge in [-0.05, 0) is 43.5 Å². The molecule has 0 spiro atoms. The molecule has 0 bridgehead atoms. The fourth-order valence-electron chi connectivity index (χ4n) is 3.22. The number of rotatable bonds is 5. The van der Waals surface area contributed by atoms with Gasteiger partial charge in [-0.2, -0.15) is 0 Å². The predicted octanol–water partition coefficient (Wildman–Crippen LogP) is 3.94. The van der Waals surface area contributed by atoms with Crippen LogP contribution in [0.5, 0.6) is 23.0 Å². The lowest BCUT2D eigenvalue weighted by atomic mass is 10.0. The second-order valence-electron chi connectivity index (χ2n) is 6.83. The monoisotopic (exact) mass is 380 g/mol. The molecular weight excluding hydrogens is 360 g/mol. The van der Waals surface area contributed by atoms with Gasteiger partial charge in [-0.1, -0.05) is 12.1 Å². The van der Waals surface area contributed by atoms with Gasteiger partial charge in [0.2, 0.25) is 5.78 Å². The van der Waals surface area contributed by atoms with Gasteiger partial charge in [0.15, 0.2) is 17.3 Å². The first-order valence-electron chi connectivity index (χ1n) is 9.03. The van der Waals surface area contributed by atoms with E-state index in [0.29, 0.717) is 39.7 Å². The van der Waals surface area contributed by atoms with Crippen LogP contribution in [0.1, 0.15) is 34.3 Å². The van der Waals surface area contributed by atoms with E-state index in [1.807, 2.05) is 6.07 Å². The third-order valence-corrected chi connectivity index (χ3v) is 4.79. The molecule has 2 aromatic carbocycles. The van der Waals surface area contributed by atoms with Gasteiger partial charge in [0.05, 0.1) is 25.7 Å². The summed E-state index contributed by atoms with van der Waals surface area (Å²) in [6.07, 6.45) is 3.36. The normalized spacial score (nSPS) is 16.5. The third-order valence-electron chi connectivity index (χ3n) is 4.79. The SMILES string of the molecule is COc1cccc(/C=C2\Oc3cc(OC(=O)C4CC4)cc(C)c3C2=O)c1OC. The van der Waals surface area contributed by atoms with Crippen molar-refractivity contribution in [2.45, 2.75) is 19.8 Å². The summed E-state index contributed by atoms with van der Waals surface area (Å²) in [5.41, 5.74) is 1.83. The van der Waals surface area contributed by atoms with E-state index in [4.69, 9.17) is 18.9 Å². The summed E-state index contributed by atoms with van der Waals surface area (Å²) in [5, 5.41) is 0. The summed E-state index contributed by atoms with van der Waals surface area (Å²) in [6.45, 7) is 1.80. The van der Waals surface area contributed by atoms with E-state index in [9.17, 15) is 9.59 Å². The number of methoxy groups -OCH3 is 2. The van der Waals surface area contributed by atoms with Crippen LogP contribution in [0.2, 0.25) is 0 Å². The maximum absolute atomic E-state index is 12.9. The number of Topliss-reactive ketones (excluding diaryl/α,β-unsaturated/α-hetero) is 1. The van der Waals surface area contributed by atoms with Gasteiger partial charge in [0.1, 0.15) is 11.5 Å². The molecule has 1 saturated carbocycles. The number of benzene rings is 2. The van der Waals surface area contributed by atoms with Gasteiger partial charge < -0.3 is 18.9 Å². The lowest BCUT2D eigenvalue weighted by Gasteiger charge is -2.10. The number of esters is 1. The highest BCUT2D eigenvalue weighted by Gasteiger charge is 2.34. The van der Waals surface area contributed by atoms with Crippen molar-refractivity contribution in [2.24, 2.45) is 5.92 Å².